The molecule has 0 radical (unpaired) electrons. The van der Waals surface area contributed by atoms with E-state index in [-0.39, 0.29) is 38.1 Å². The summed E-state index contributed by atoms with van der Waals surface area (Å²) in [6.45, 7) is 2.33. The van der Waals surface area contributed by atoms with Gasteiger partial charge in [0.2, 0.25) is 0 Å². The van der Waals surface area contributed by atoms with Crippen molar-refractivity contribution < 1.29 is 39.6 Å². The molecule has 1 heterocycles. The molecule has 0 aromatic carbocycles. The highest BCUT2D eigenvalue weighted by Crippen LogP contribution is 2.31. The van der Waals surface area contributed by atoms with Crippen molar-refractivity contribution >= 4 is 41.3 Å². The molecule has 1 saturated carbocycles. The Morgan fingerprint density at radius 2 is 1.02 bits per heavy atom. The van der Waals surface area contributed by atoms with Crippen LogP contribution in [0.3, 0.4) is 0 Å². The standard InChI is InChI=1S/C26H43N5O8S/c32-23(33)15-28-6-1-7-29(16-24(34)35)9-11-31(18-26(38)39)14-21(13-30(10-8-28)17-25(36)37)12-20-2-4-22(5-3-20)27-19-40/h20-22H,1-18H2,(H,32,33)(H,34,35)(H,36,37)(H,38,39). The van der Waals surface area contributed by atoms with Crippen LogP contribution in [0, 0.1) is 11.8 Å². The highest BCUT2D eigenvalue weighted by Gasteiger charge is 2.28. The number of isothiocyanates is 1. The van der Waals surface area contributed by atoms with Gasteiger partial charge in [-0.25, -0.2) is 4.99 Å². The van der Waals surface area contributed by atoms with Crippen LogP contribution < -0.4 is 0 Å². The Kier molecular flexibility index (Phi) is 15.2. The number of rotatable bonds is 11. The van der Waals surface area contributed by atoms with Crippen molar-refractivity contribution in [1.29, 1.82) is 0 Å². The molecule has 226 valence electrons. The summed E-state index contributed by atoms with van der Waals surface area (Å²) in [6.07, 6.45) is 4.99. The van der Waals surface area contributed by atoms with Gasteiger partial charge in [-0.2, -0.15) is 0 Å². The van der Waals surface area contributed by atoms with Gasteiger partial charge < -0.3 is 20.4 Å². The maximum absolute atomic E-state index is 11.7. The van der Waals surface area contributed by atoms with Crippen LogP contribution in [-0.4, -0.2) is 154 Å². The zero-order valence-electron chi connectivity index (χ0n) is 23.0. The van der Waals surface area contributed by atoms with Gasteiger partial charge in [0, 0.05) is 52.4 Å². The molecule has 0 aromatic heterocycles. The summed E-state index contributed by atoms with van der Waals surface area (Å²) in [5.74, 6) is -3.57. The SMILES string of the molecule is O=C(O)CN1CCCN(CC(=O)O)CCN(CC(=O)O)CC(CC2CCC(N=C=S)CC2)CN(CC(=O)O)CC1. The van der Waals surface area contributed by atoms with E-state index in [1.807, 2.05) is 9.80 Å². The average Bonchev–Trinajstić information content (AvgIpc) is 2.85. The van der Waals surface area contributed by atoms with Gasteiger partial charge in [0.15, 0.2) is 0 Å². The van der Waals surface area contributed by atoms with Crippen molar-refractivity contribution in [2.75, 3.05) is 78.5 Å². The first-order valence-electron chi connectivity index (χ1n) is 13.9. The fourth-order valence-electron chi connectivity index (χ4n) is 5.85. The molecule has 1 aliphatic heterocycles. The van der Waals surface area contributed by atoms with Crippen molar-refractivity contribution in [1.82, 2.24) is 19.6 Å². The number of carboxylic acids is 4. The first-order valence-corrected chi connectivity index (χ1v) is 14.3. The first-order chi connectivity index (χ1) is 19.0. The third-order valence-electron chi connectivity index (χ3n) is 7.60. The van der Waals surface area contributed by atoms with Gasteiger partial charge >= 0.3 is 23.9 Å². The van der Waals surface area contributed by atoms with E-state index in [2.05, 4.69) is 10.2 Å². The summed E-state index contributed by atoms with van der Waals surface area (Å²) in [5.41, 5.74) is 0. The Morgan fingerprint density at radius 1 is 0.625 bits per heavy atom. The predicted octanol–water partition coefficient (Wildman–Crippen LogP) is 0.604. The summed E-state index contributed by atoms with van der Waals surface area (Å²) in [5, 5.41) is 40.4. The number of thiocarbonyl (C=S) groups is 1. The van der Waals surface area contributed by atoms with Crippen molar-refractivity contribution in [2.24, 2.45) is 16.8 Å². The average molecular weight is 586 g/mol. The Bertz CT molecular complexity index is 844. The van der Waals surface area contributed by atoms with Crippen LogP contribution in [0.2, 0.25) is 0 Å². The van der Waals surface area contributed by atoms with Crippen LogP contribution >= 0.6 is 12.2 Å². The Labute approximate surface area is 240 Å². The molecule has 13 nitrogen and oxygen atoms in total. The molecule has 40 heavy (non-hydrogen) atoms. The molecule has 4 N–H and O–H groups in total. The lowest BCUT2D eigenvalue weighted by Gasteiger charge is -2.36. The number of hydrogen-bond donors (Lipinski definition) is 4. The lowest BCUT2D eigenvalue weighted by Crippen LogP contribution is -2.47. The molecule has 1 aliphatic carbocycles. The van der Waals surface area contributed by atoms with E-state index < -0.39 is 23.9 Å². The molecular weight excluding hydrogens is 542 g/mol. The maximum atomic E-state index is 11.7. The van der Waals surface area contributed by atoms with Crippen molar-refractivity contribution in [3.8, 4) is 0 Å². The highest BCUT2D eigenvalue weighted by atomic mass is 32.1. The van der Waals surface area contributed by atoms with E-state index in [9.17, 15) is 39.6 Å². The molecule has 14 heteroatoms. The monoisotopic (exact) mass is 585 g/mol. The van der Waals surface area contributed by atoms with Gasteiger partial charge in [0.1, 0.15) is 0 Å². The first kappa shape index (κ1) is 33.7. The van der Waals surface area contributed by atoms with Gasteiger partial charge in [0.25, 0.3) is 0 Å². The number of carbonyl (C=O) groups is 4. The topological polar surface area (TPSA) is 175 Å². The minimum atomic E-state index is -0.982. The summed E-state index contributed by atoms with van der Waals surface area (Å²) >= 11 is 4.75. The summed E-state index contributed by atoms with van der Waals surface area (Å²) in [6, 6.07) is 0.171. The fraction of sp³-hybridized carbons (Fsp3) is 0.808. The summed E-state index contributed by atoms with van der Waals surface area (Å²) in [7, 11) is 0. The maximum Gasteiger partial charge on any atom is 0.317 e. The molecule has 0 bridgehead atoms. The van der Waals surface area contributed by atoms with Crippen LogP contribution in [-0.2, 0) is 19.2 Å². The molecule has 0 unspecified atom stereocenters. The number of aliphatic carboxylic acids is 4. The van der Waals surface area contributed by atoms with Crippen LogP contribution in [0.1, 0.15) is 38.5 Å². The molecular formula is C26H43N5O8S. The second-order valence-electron chi connectivity index (χ2n) is 10.9. The smallest absolute Gasteiger partial charge is 0.317 e. The highest BCUT2D eigenvalue weighted by molar-refractivity contribution is 7.78. The molecule has 0 amide bonds. The van der Waals surface area contributed by atoms with Gasteiger partial charge in [-0.1, -0.05) is 0 Å². The van der Waals surface area contributed by atoms with E-state index in [1.165, 1.54) is 0 Å². The molecule has 2 fully saturated rings. The molecule has 0 atom stereocenters. The third kappa shape index (κ3) is 14.2. The van der Waals surface area contributed by atoms with E-state index in [0.29, 0.717) is 64.7 Å². The lowest BCUT2D eigenvalue weighted by molar-refractivity contribution is -0.141. The second kappa shape index (κ2) is 18.1. The molecule has 0 aromatic rings. The lowest BCUT2D eigenvalue weighted by atomic mass is 9.80. The van der Waals surface area contributed by atoms with Gasteiger partial charge in [-0.05, 0) is 62.6 Å². The minimum Gasteiger partial charge on any atom is -0.480 e. The van der Waals surface area contributed by atoms with Gasteiger partial charge in [0.05, 0.1) is 37.4 Å². The summed E-state index contributed by atoms with van der Waals surface area (Å²) < 4.78 is 0. The van der Waals surface area contributed by atoms with E-state index in [1.54, 1.807) is 9.80 Å². The number of aliphatic imine (C=N–C) groups is 1. The molecule has 2 aliphatic rings. The normalized spacial score (nSPS) is 24.0. The van der Waals surface area contributed by atoms with E-state index >= 15 is 0 Å². The predicted molar refractivity (Wildman–Crippen MR) is 150 cm³/mol. The minimum absolute atomic E-state index is 0.0296. The van der Waals surface area contributed by atoms with Crippen LogP contribution in [0.5, 0.6) is 0 Å². The Hall–Kier alpha value is -2.48. The number of carboxylic acid groups (broad SMARTS) is 4. The summed E-state index contributed by atoms with van der Waals surface area (Å²) in [4.78, 5) is 57.7. The zero-order valence-corrected chi connectivity index (χ0v) is 23.8. The molecule has 2 rings (SSSR count). The van der Waals surface area contributed by atoms with E-state index in [0.717, 1.165) is 32.1 Å². The van der Waals surface area contributed by atoms with Crippen molar-refractivity contribution in [3.63, 3.8) is 0 Å². The van der Waals surface area contributed by atoms with Crippen LogP contribution in [0.25, 0.3) is 0 Å². The largest absolute Gasteiger partial charge is 0.480 e. The zero-order chi connectivity index (χ0) is 29.5. The third-order valence-corrected chi connectivity index (χ3v) is 7.71. The van der Waals surface area contributed by atoms with Crippen molar-refractivity contribution in [2.45, 2.75) is 44.6 Å². The number of hydrogen-bond acceptors (Lipinski definition) is 10. The Morgan fingerprint density at radius 3 is 1.43 bits per heavy atom. The van der Waals surface area contributed by atoms with Gasteiger partial charge in [-0.3, -0.25) is 38.8 Å². The van der Waals surface area contributed by atoms with E-state index in [4.69, 9.17) is 12.2 Å². The molecule has 0 spiro atoms. The van der Waals surface area contributed by atoms with Crippen LogP contribution in [0.15, 0.2) is 4.99 Å². The quantitative estimate of drug-likeness (QED) is 0.196. The van der Waals surface area contributed by atoms with Crippen LogP contribution in [0.4, 0.5) is 0 Å². The second-order valence-corrected chi connectivity index (χ2v) is 11.1. The van der Waals surface area contributed by atoms with Gasteiger partial charge in [-0.15, -0.1) is 0 Å². The fourth-order valence-corrected chi connectivity index (χ4v) is 6.00. The van der Waals surface area contributed by atoms with Crippen molar-refractivity contribution in [3.05, 3.63) is 0 Å². The number of nitrogens with zero attached hydrogens (tertiary/aromatic N) is 5. The Balaban J connectivity index is 2.28. The molecule has 1 saturated heterocycles.